The van der Waals surface area contributed by atoms with Gasteiger partial charge in [-0.25, -0.2) is 0 Å². The van der Waals surface area contributed by atoms with Crippen LogP contribution in [0.1, 0.15) is 35.4 Å². The molecule has 25 heavy (non-hydrogen) atoms. The summed E-state index contributed by atoms with van der Waals surface area (Å²) in [5, 5.41) is 13.8. The molecule has 1 aromatic heterocycles. The van der Waals surface area contributed by atoms with Crippen LogP contribution in [0.4, 0.5) is 0 Å². The Kier molecular flexibility index (Phi) is 5.43. The van der Waals surface area contributed by atoms with Crippen LogP contribution < -0.4 is 5.32 Å². The minimum absolute atomic E-state index is 0. The van der Waals surface area contributed by atoms with E-state index in [1.807, 2.05) is 12.1 Å². The van der Waals surface area contributed by atoms with E-state index in [0.29, 0.717) is 11.5 Å². The summed E-state index contributed by atoms with van der Waals surface area (Å²) in [6.07, 6.45) is 4.77. The molecular weight excluding hydrogens is 330 g/mol. The second-order valence-electron chi connectivity index (χ2n) is 6.56. The molecule has 1 saturated heterocycles. The highest BCUT2D eigenvalue weighted by atomic mass is 35.5. The molecule has 2 heterocycles. The van der Waals surface area contributed by atoms with Gasteiger partial charge in [-0.15, -0.1) is 12.4 Å². The summed E-state index contributed by atoms with van der Waals surface area (Å²) in [5.41, 5.74) is 4.73. The molecule has 1 fully saturated rings. The van der Waals surface area contributed by atoms with Crippen LogP contribution in [-0.4, -0.2) is 17.7 Å². The number of nitriles is 1. The van der Waals surface area contributed by atoms with Crippen molar-refractivity contribution in [2.75, 3.05) is 13.1 Å². The van der Waals surface area contributed by atoms with Crippen LogP contribution in [0.5, 0.6) is 0 Å². The molecule has 3 aromatic rings. The molecule has 0 unspecified atom stereocenters. The molecule has 0 amide bonds. The number of aromatic nitrogens is 1. The van der Waals surface area contributed by atoms with Crippen LogP contribution >= 0.6 is 12.4 Å². The van der Waals surface area contributed by atoms with E-state index in [1.54, 1.807) is 0 Å². The maximum atomic E-state index is 8.95. The first kappa shape index (κ1) is 17.5. The van der Waals surface area contributed by atoms with E-state index in [0.717, 1.165) is 19.6 Å². The van der Waals surface area contributed by atoms with Crippen LogP contribution in [0.3, 0.4) is 0 Å². The van der Waals surface area contributed by atoms with Gasteiger partial charge in [-0.05, 0) is 61.2 Å². The van der Waals surface area contributed by atoms with Crippen molar-refractivity contribution in [2.24, 2.45) is 0 Å². The van der Waals surface area contributed by atoms with Crippen LogP contribution in [0.25, 0.3) is 10.9 Å². The fraction of sp³-hybridized carbons (Fsp3) is 0.286. The third kappa shape index (κ3) is 3.56. The Morgan fingerprint density at radius 2 is 1.76 bits per heavy atom. The molecule has 3 nitrogen and oxygen atoms in total. The van der Waals surface area contributed by atoms with Gasteiger partial charge in [-0.2, -0.15) is 5.26 Å². The number of hydrogen-bond acceptors (Lipinski definition) is 2. The molecule has 128 valence electrons. The van der Waals surface area contributed by atoms with E-state index < -0.39 is 0 Å². The number of rotatable bonds is 3. The first-order valence-corrected chi connectivity index (χ1v) is 8.62. The molecule has 0 bridgehead atoms. The fourth-order valence-electron chi connectivity index (χ4n) is 3.75. The Hall–Kier alpha value is -2.28. The van der Waals surface area contributed by atoms with Gasteiger partial charge in [-0.1, -0.05) is 30.3 Å². The second kappa shape index (κ2) is 7.74. The summed E-state index contributed by atoms with van der Waals surface area (Å²) in [4.78, 5) is 0. The van der Waals surface area contributed by atoms with E-state index in [4.69, 9.17) is 5.26 Å². The lowest BCUT2D eigenvalue weighted by Crippen LogP contribution is -2.26. The van der Waals surface area contributed by atoms with Gasteiger partial charge in [0.25, 0.3) is 0 Å². The third-order valence-corrected chi connectivity index (χ3v) is 5.03. The van der Waals surface area contributed by atoms with Crippen molar-refractivity contribution in [1.29, 1.82) is 5.26 Å². The van der Waals surface area contributed by atoms with Crippen molar-refractivity contribution in [3.63, 3.8) is 0 Å². The second-order valence-corrected chi connectivity index (χ2v) is 6.56. The summed E-state index contributed by atoms with van der Waals surface area (Å²) in [6, 6.07) is 18.8. The highest BCUT2D eigenvalue weighted by molar-refractivity contribution is 5.85. The summed E-state index contributed by atoms with van der Waals surface area (Å²) in [6.45, 7) is 3.07. The van der Waals surface area contributed by atoms with Gasteiger partial charge in [0.05, 0.1) is 11.6 Å². The van der Waals surface area contributed by atoms with Gasteiger partial charge >= 0.3 is 0 Å². The third-order valence-electron chi connectivity index (χ3n) is 5.03. The minimum Gasteiger partial charge on any atom is -0.343 e. The zero-order valence-corrected chi connectivity index (χ0v) is 14.9. The number of benzene rings is 2. The average Bonchev–Trinajstić information content (AvgIpc) is 3.02. The SMILES string of the molecule is Cl.N#Cc1ccc(Cn2cc(C3CCNCC3)c3ccccc32)cc1. The molecule has 0 aliphatic carbocycles. The summed E-state index contributed by atoms with van der Waals surface area (Å²) < 4.78 is 2.36. The van der Waals surface area contributed by atoms with E-state index in [-0.39, 0.29) is 12.4 Å². The average molecular weight is 352 g/mol. The van der Waals surface area contributed by atoms with Crippen molar-refractivity contribution in [3.05, 3.63) is 71.4 Å². The van der Waals surface area contributed by atoms with Crippen LogP contribution in [0.2, 0.25) is 0 Å². The first-order chi connectivity index (χ1) is 11.8. The zero-order valence-electron chi connectivity index (χ0n) is 14.1. The van der Waals surface area contributed by atoms with Crippen LogP contribution in [0, 0.1) is 11.3 Å². The van der Waals surface area contributed by atoms with Gasteiger partial charge in [0, 0.05) is 23.6 Å². The molecule has 2 aromatic carbocycles. The number of para-hydroxylation sites is 1. The Balaban J connectivity index is 0.00000182. The number of fused-ring (bicyclic) bond motifs is 1. The van der Waals surface area contributed by atoms with Crippen LogP contribution in [-0.2, 0) is 6.54 Å². The van der Waals surface area contributed by atoms with E-state index >= 15 is 0 Å². The largest absolute Gasteiger partial charge is 0.343 e. The lowest BCUT2D eigenvalue weighted by Gasteiger charge is -2.22. The van der Waals surface area contributed by atoms with Crippen molar-refractivity contribution in [2.45, 2.75) is 25.3 Å². The molecule has 0 radical (unpaired) electrons. The van der Waals surface area contributed by atoms with Gasteiger partial charge < -0.3 is 9.88 Å². The van der Waals surface area contributed by atoms with Crippen LogP contribution in [0.15, 0.2) is 54.7 Å². The predicted octanol–water partition coefficient (Wildman–Crippen LogP) is 4.45. The van der Waals surface area contributed by atoms with E-state index in [1.165, 1.54) is 34.9 Å². The highest BCUT2D eigenvalue weighted by Gasteiger charge is 2.19. The number of nitrogens with zero attached hydrogens (tertiary/aromatic N) is 2. The maximum Gasteiger partial charge on any atom is 0.0991 e. The minimum atomic E-state index is 0. The Morgan fingerprint density at radius 3 is 2.48 bits per heavy atom. The number of hydrogen-bond donors (Lipinski definition) is 1. The van der Waals surface area contributed by atoms with Crippen molar-refractivity contribution in [1.82, 2.24) is 9.88 Å². The summed E-state index contributed by atoms with van der Waals surface area (Å²) >= 11 is 0. The molecule has 0 atom stereocenters. The summed E-state index contributed by atoms with van der Waals surface area (Å²) in [7, 11) is 0. The molecule has 1 aliphatic rings. The number of piperidine rings is 1. The van der Waals surface area contributed by atoms with Crippen molar-refractivity contribution < 1.29 is 0 Å². The normalized spacial score (nSPS) is 14.8. The quantitative estimate of drug-likeness (QED) is 0.757. The highest BCUT2D eigenvalue weighted by Crippen LogP contribution is 2.33. The first-order valence-electron chi connectivity index (χ1n) is 8.62. The standard InChI is InChI=1S/C21H21N3.ClH/c22-13-16-5-7-17(8-6-16)14-24-15-20(18-9-11-23-12-10-18)19-3-1-2-4-21(19)24;/h1-8,15,18,23H,9-12,14H2;1H. The summed E-state index contributed by atoms with van der Waals surface area (Å²) in [5.74, 6) is 0.651. The predicted molar refractivity (Wildman–Crippen MR) is 104 cm³/mol. The molecule has 0 saturated carbocycles. The van der Waals surface area contributed by atoms with Crippen molar-refractivity contribution >= 4 is 23.3 Å². The number of nitrogens with one attached hydrogen (secondary N) is 1. The van der Waals surface area contributed by atoms with E-state index in [2.05, 4.69) is 58.5 Å². The Bertz CT molecular complexity index is 884. The molecule has 1 N–H and O–H groups in total. The molecule has 1 aliphatic heterocycles. The fourth-order valence-corrected chi connectivity index (χ4v) is 3.75. The molecule has 4 heteroatoms. The van der Waals surface area contributed by atoms with Gasteiger partial charge in [0.1, 0.15) is 0 Å². The molecular formula is C21H22ClN3. The van der Waals surface area contributed by atoms with E-state index in [9.17, 15) is 0 Å². The molecule has 4 rings (SSSR count). The topological polar surface area (TPSA) is 40.8 Å². The Labute approximate surface area is 154 Å². The van der Waals surface area contributed by atoms with Gasteiger partial charge in [0.2, 0.25) is 0 Å². The smallest absolute Gasteiger partial charge is 0.0991 e. The van der Waals surface area contributed by atoms with Gasteiger partial charge in [0.15, 0.2) is 0 Å². The Morgan fingerprint density at radius 1 is 1.04 bits per heavy atom. The van der Waals surface area contributed by atoms with Crippen molar-refractivity contribution in [3.8, 4) is 6.07 Å². The number of halogens is 1. The monoisotopic (exact) mass is 351 g/mol. The zero-order chi connectivity index (χ0) is 16.4. The lowest BCUT2D eigenvalue weighted by atomic mass is 9.90. The lowest BCUT2D eigenvalue weighted by molar-refractivity contribution is 0.461. The maximum absolute atomic E-state index is 8.95. The van der Waals surface area contributed by atoms with Gasteiger partial charge in [-0.3, -0.25) is 0 Å². The molecule has 0 spiro atoms.